The fraction of sp³-hybridized carbons (Fsp3) is 0.500. The minimum atomic E-state index is -0.577. The Kier molecular flexibility index (Phi) is 5.59. The molecule has 5 nitrogen and oxygen atoms in total. The molecular weight excluding hydrogens is 321 g/mol. The minimum Gasteiger partial charge on any atom is -0.339 e. The van der Waals surface area contributed by atoms with Crippen molar-refractivity contribution in [1.82, 2.24) is 4.90 Å². The molecule has 0 radical (unpaired) electrons. The van der Waals surface area contributed by atoms with Crippen LogP contribution in [-0.2, 0) is 11.2 Å². The highest BCUT2D eigenvalue weighted by Gasteiger charge is 2.26. The Morgan fingerprint density at radius 1 is 1.30 bits per heavy atom. The van der Waals surface area contributed by atoms with Gasteiger partial charge in [0.05, 0.1) is 5.56 Å². The van der Waals surface area contributed by atoms with E-state index in [4.69, 9.17) is 5.73 Å². The smallest absolute Gasteiger partial charge is 0.256 e. The molecule has 3 N–H and O–H groups in total. The number of piperidine rings is 1. The van der Waals surface area contributed by atoms with Crippen LogP contribution in [-0.4, -0.2) is 36.3 Å². The van der Waals surface area contributed by atoms with E-state index >= 15 is 0 Å². The summed E-state index contributed by atoms with van der Waals surface area (Å²) in [4.78, 5) is 25.6. The molecule has 7 heteroatoms. The first-order valence-corrected chi connectivity index (χ1v) is 7.70. The number of amides is 2. The van der Waals surface area contributed by atoms with Crippen LogP contribution in [0.3, 0.4) is 0 Å². The molecule has 0 saturated carbocycles. The van der Waals surface area contributed by atoms with Gasteiger partial charge in [0, 0.05) is 25.2 Å². The van der Waals surface area contributed by atoms with Gasteiger partial charge in [-0.15, -0.1) is 12.4 Å². The predicted molar refractivity (Wildman–Crippen MR) is 88.3 cm³/mol. The van der Waals surface area contributed by atoms with E-state index in [-0.39, 0.29) is 29.8 Å². The van der Waals surface area contributed by atoms with Crippen LogP contribution in [0.5, 0.6) is 0 Å². The Morgan fingerprint density at radius 2 is 2.00 bits per heavy atom. The molecule has 1 saturated heterocycles. The van der Waals surface area contributed by atoms with Gasteiger partial charge in [-0.05, 0) is 49.4 Å². The van der Waals surface area contributed by atoms with E-state index < -0.39 is 5.82 Å². The number of anilines is 1. The molecular formula is C16H21ClFN3O2. The summed E-state index contributed by atoms with van der Waals surface area (Å²) in [5.74, 6) is -0.512. The third-order valence-electron chi connectivity index (χ3n) is 4.55. The van der Waals surface area contributed by atoms with Crippen molar-refractivity contribution in [3.63, 3.8) is 0 Å². The largest absolute Gasteiger partial charge is 0.339 e. The van der Waals surface area contributed by atoms with Crippen molar-refractivity contribution in [2.24, 2.45) is 11.7 Å². The first-order chi connectivity index (χ1) is 10.6. The lowest BCUT2D eigenvalue weighted by Crippen LogP contribution is -2.40. The Hall–Kier alpha value is -1.66. The molecule has 2 aliphatic rings. The molecule has 23 heavy (non-hydrogen) atoms. The number of hydrogen-bond donors (Lipinski definition) is 2. The summed E-state index contributed by atoms with van der Waals surface area (Å²) in [6, 6.07) is 2.84. The molecule has 0 unspecified atom stereocenters. The van der Waals surface area contributed by atoms with Crippen LogP contribution in [0.2, 0.25) is 0 Å². The third kappa shape index (κ3) is 3.64. The second kappa shape index (κ2) is 7.27. The number of aryl methyl sites for hydroxylation is 1. The van der Waals surface area contributed by atoms with Crippen LogP contribution in [0, 0.1) is 11.7 Å². The van der Waals surface area contributed by atoms with Gasteiger partial charge in [-0.3, -0.25) is 9.59 Å². The quantitative estimate of drug-likeness (QED) is 0.863. The third-order valence-corrected chi connectivity index (χ3v) is 4.55. The fourth-order valence-corrected chi connectivity index (χ4v) is 3.11. The molecule has 126 valence electrons. The fourth-order valence-electron chi connectivity index (χ4n) is 3.11. The van der Waals surface area contributed by atoms with Gasteiger partial charge < -0.3 is 16.0 Å². The van der Waals surface area contributed by atoms with Crippen molar-refractivity contribution in [2.75, 3.05) is 25.0 Å². The van der Waals surface area contributed by atoms with Crippen molar-refractivity contribution >= 4 is 29.9 Å². The number of carbonyl (C=O) groups is 2. The Labute approximate surface area is 140 Å². The Balaban J connectivity index is 0.00000192. The number of nitrogens with one attached hydrogen (secondary N) is 1. The maximum Gasteiger partial charge on any atom is 0.256 e. The van der Waals surface area contributed by atoms with E-state index in [9.17, 15) is 14.0 Å². The van der Waals surface area contributed by atoms with E-state index in [0.717, 1.165) is 18.4 Å². The lowest BCUT2D eigenvalue weighted by molar-refractivity contribution is -0.116. The molecule has 0 aliphatic carbocycles. The zero-order valence-electron chi connectivity index (χ0n) is 12.8. The zero-order chi connectivity index (χ0) is 15.7. The summed E-state index contributed by atoms with van der Waals surface area (Å²) >= 11 is 0. The van der Waals surface area contributed by atoms with Crippen molar-refractivity contribution in [2.45, 2.75) is 25.7 Å². The van der Waals surface area contributed by atoms with Crippen LogP contribution in [0.15, 0.2) is 12.1 Å². The van der Waals surface area contributed by atoms with E-state index in [2.05, 4.69) is 5.32 Å². The number of likely N-dealkylation sites (tertiary alicyclic amines) is 1. The molecule has 2 aliphatic heterocycles. The molecule has 3 rings (SSSR count). The van der Waals surface area contributed by atoms with Crippen molar-refractivity contribution in [1.29, 1.82) is 0 Å². The molecule has 1 aromatic carbocycles. The van der Waals surface area contributed by atoms with E-state index in [1.165, 1.54) is 6.07 Å². The highest BCUT2D eigenvalue weighted by molar-refractivity contribution is 5.98. The molecule has 2 amide bonds. The van der Waals surface area contributed by atoms with Gasteiger partial charge in [-0.1, -0.05) is 0 Å². The van der Waals surface area contributed by atoms with Gasteiger partial charge in [0.1, 0.15) is 5.82 Å². The predicted octanol–water partition coefficient (Wildman–Crippen LogP) is 1.94. The van der Waals surface area contributed by atoms with Crippen molar-refractivity contribution in [3.05, 3.63) is 29.1 Å². The summed E-state index contributed by atoms with van der Waals surface area (Å²) in [6.07, 6.45) is 2.64. The van der Waals surface area contributed by atoms with Gasteiger partial charge in [0.2, 0.25) is 5.91 Å². The van der Waals surface area contributed by atoms with Crippen LogP contribution in [0.25, 0.3) is 0 Å². The lowest BCUT2D eigenvalue weighted by Gasteiger charge is -2.31. The van der Waals surface area contributed by atoms with Gasteiger partial charge in [0.15, 0.2) is 0 Å². The maximum absolute atomic E-state index is 14.2. The number of fused-ring (bicyclic) bond motifs is 1. The van der Waals surface area contributed by atoms with Crippen molar-refractivity contribution < 1.29 is 14.0 Å². The Bertz CT molecular complexity index is 616. The van der Waals surface area contributed by atoms with E-state index in [1.54, 1.807) is 11.0 Å². The standard InChI is InChI=1S/C16H20FN3O2.ClH/c17-13-8-14-11(1-2-15(21)19-14)7-12(13)16(22)20-5-3-10(9-18)4-6-20;/h7-8,10H,1-6,9,18H2,(H,19,21);1H. The summed E-state index contributed by atoms with van der Waals surface area (Å²) in [5, 5.41) is 2.64. The van der Waals surface area contributed by atoms with Crippen LogP contribution in [0.4, 0.5) is 10.1 Å². The second-order valence-electron chi connectivity index (χ2n) is 6.01. The van der Waals surface area contributed by atoms with Gasteiger partial charge in [-0.25, -0.2) is 4.39 Å². The number of rotatable bonds is 2. The molecule has 0 spiro atoms. The first kappa shape index (κ1) is 17.7. The lowest BCUT2D eigenvalue weighted by atomic mass is 9.95. The molecule has 0 atom stereocenters. The second-order valence-corrected chi connectivity index (χ2v) is 6.01. The number of nitrogens with two attached hydrogens (primary N) is 1. The Morgan fingerprint density at radius 3 is 2.65 bits per heavy atom. The highest BCUT2D eigenvalue weighted by Crippen LogP contribution is 2.27. The number of nitrogens with zero attached hydrogens (tertiary/aromatic N) is 1. The van der Waals surface area contributed by atoms with E-state index in [0.29, 0.717) is 44.1 Å². The zero-order valence-corrected chi connectivity index (χ0v) is 13.6. The minimum absolute atomic E-state index is 0. The topological polar surface area (TPSA) is 75.4 Å². The van der Waals surface area contributed by atoms with Gasteiger partial charge >= 0.3 is 0 Å². The SMILES string of the molecule is Cl.NCC1CCN(C(=O)c2cc3c(cc2F)NC(=O)CC3)CC1. The van der Waals surface area contributed by atoms with Gasteiger partial charge in [-0.2, -0.15) is 0 Å². The number of benzene rings is 1. The normalized spacial score (nSPS) is 18.0. The van der Waals surface area contributed by atoms with Crippen LogP contribution >= 0.6 is 12.4 Å². The van der Waals surface area contributed by atoms with Crippen molar-refractivity contribution in [3.8, 4) is 0 Å². The highest BCUT2D eigenvalue weighted by atomic mass is 35.5. The first-order valence-electron chi connectivity index (χ1n) is 7.70. The molecule has 0 aromatic heterocycles. The summed E-state index contributed by atoms with van der Waals surface area (Å²) in [7, 11) is 0. The molecule has 1 fully saturated rings. The maximum atomic E-state index is 14.2. The van der Waals surface area contributed by atoms with Crippen LogP contribution in [0.1, 0.15) is 35.2 Å². The molecule has 2 heterocycles. The van der Waals surface area contributed by atoms with Crippen LogP contribution < -0.4 is 11.1 Å². The number of carbonyl (C=O) groups excluding carboxylic acids is 2. The number of halogens is 2. The van der Waals surface area contributed by atoms with E-state index in [1.807, 2.05) is 0 Å². The summed E-state index contributed by atoms with van der Waals surface area (Å²) in [6.45, 7) is 1.87. The monoisotopic (exact) mass is 341 g/mol. The van der Waals surface area contributed by atoms with Gasteiger partial charge in [0.25, 0.3) is 5.91 Å². The molecule has 1 aromatic rings. The number of hydrogen-bond acceptors (Lipinski definition) is 3. The average molecular weight is 342 g/mol. The summed E-state index contributed by atoms with van der Waals surface area (Å²) in [5.41, 5.74) is 7.05. The summed E-state index contributed by atoms with van der Waals surface area (Å²) < 4.78 is 14.2. The average Bonchev–Trinajstić information content (AvgIpc) is 2.53. The molecule has 0 bridgehead atoms.